The van der Waals surface area contributed by atoms with Crippen molar-refractivity contribution >= 4 is 27.9 Å². The lowest BCUT2D eigenvalue weighted by atomic mass is 10.0. The van der Waals surface area contributed by atoms with Gasteiger partial charge < -0.3 is 9.84 Å². The second-order valence-electron chi connectivity index (χ2n) is 5.12. The van der Waals surface area contributed by atoms with E-state index in [1.807, 2.05) is 11.0 Å². The molecular weight excluding hydrogens is 338 g/mol. The Morgan fingerprint density at radius 1 is 1.43 bits per heavy atom. The van der Waals surface area contributed by atoms with Crippen molar-refractivity contribution in [2.75, 3.05) is 13.7 Å². The normalized spacial score (nSPS) is 19.2. The number of hydrogen-bond donors (Lipinski definition) is 1. The fraction of sp³-hybridized carbons (Fsp3) is 0.467. The van der Waals surface area contributed by atoms with Crippen molar-refractivity contribution in [1.82, 2.24) is 4.90 Å². The summed E-state index contributed by atoms with van der Waals surface area (Å²) in [6, 6.07) is 4.82. The molecule has 1 atom stereocenters. The van der Waals surface area contributed by atoms with Gasteiger partial charge in [0.25, 0.3) is 0 Å². The van der Waals surface area contributed by atoms with Crippen molar-refractivity contribution in [2.24, 2.45) is 0 Å². The number of benzene rings is 1. The monoisotopic (exact) mass is 355 g/mol. The highest BCUT2D eigenvalue weighted by molar-refractivity contribution is 9.10. The zero-order chi connectivity index (χ0) is 15.4. The van der Waals surface area contributed by atoms with Gasteiger partial charge in [0.15, 0.2) is 0 Å². The van der Waals surface area contributed by atoms with E-state index in [1.165, 1.54) is 7.11 Å². The molecule has 1 aliphatic heterocycles. The number of carboxylic acid groups (broad SMARTS) is 1. The summed E-state index contributed by atoms with van der Waals surface area (Å²) < 4.78 is 5.47. The number of carboxylic acids is 1. The quantitative estimate of drug-likeness (QED) is 0.841. The van der Waals surface area contributed by atoms with Gasteiger partial charge in [-0.25, -0.2) is 4.79 Å². The number of aliphatic carboxylic acids is 1. The van der Waals surface area contributed by atoms with Crippen molar-refractivity contribution in [3.8, 4) is 0 Å². The Morgan fingerprint density at radius 2 is 2.19 bits per heavy atom. The van der Waals surface area contributed by atoms with E-state index < -0.39 is 12.0 Å². The van der Waals surface area contributed by atoms with E-state index in [9.17, 15) is 14.7 Å². The van der Waals surface area contributed by atoms with E-state index in [1.54, 1.807) is 12.1 Å². The molecule has 0 saturated carbocycles. The summed E-state index contributed by atoms with van der Waals surface area (Å²) in [5, 5.41) is 9.29. The predicted octanol–water partition coefficient (Wildman–Crippen LogP) is 2.67. The maximum absolute atomic E-state index is 11.5. The molecule has 0 amide bonds. The summed E-state index contributed by atoms with van der Waals surface area (Å²) in [5.74, 6) is -1.15. The topological polar surface area (TPSA) is 66.8 Å². The van der Waals surface area contributed by atoms with Gasteiger partial charge >= 0.3 is 11.9 Å². The minimum atomic E-state index is -0.767. The van der Waals surface area contributed by atoms with Crippen molar-refractivity contribution in [3.63, 3.8) is 0 Å². The molecule has 1 unspecified atom stereocenters. The van der Waals surface area contributed by atoms with Crippen molar-refractivity contribution in [1.29, 1.82) is 0 Å². The molecule has 1 aliphatic rings. The number of nitrogens with zero attached hydrogens (tertiary/aromatic N) is 1. The van der Waals surface area contributed by atoms with Crippen LogP contribution in [0, 0.1) is 0 Å². The molecule has 0 aromatic heterocycles. The Kier molecular flexibility index (Phi) is 5.36. The molecule has 1 saturated heterocycles. The minimum absolute atomic E-state index is 0.386. The van der Waals surface area contributed by atoms with Crippen LogP contribution in [0.25, 0.3) is 0 Å². The van der Waals surface area contributed by atoms with Crippen LogP contribution < -0.4 is 0 Å². The highest BCUT2D eigenvalue weighted by atomic mass is 79.9. The second kappa shape index (κ2) is 7.04. The zero-order valence-corrected chi connectivity index (χ0v) is 13.4. The number of piperidine rings is 1. The molecule has 6 heteroatoms. The maximum atomic E-state index is 11.5. The molecule has 5 nitrogen and oxygen atoms in total. The number of likely N-dealkylation sites (tertiary alicyclic amines) is 1. The molecule has 1 aromatic rings. The highest BCUT2D eigenvalue weighted by Gasteiger charge is 2.28. The van der Waals surface area contributed by atoms with E-state index in [-0.39, 0.29) is 5.97 Å². The second-order valence-corrected chi connectivity index (χ2v) is 5.97. The molecule has 2 rings (SSSR count). The average molecular weight is 356 g/mol. The summed E-state index contributed by atoms with van der Waals surface area (Å²) >= 11 is 3.45. The molecule has 21 heavy (non-hydrogen) atoms. The number of ether oxygens (including phenoxy) is 1. The average Bonchev–Trinajstić information content (AvgIpc) is 2.48. The standard InChI is InChI=1S/C15H18BrNO4/c1-21-15(20)10-5-6-11(12(16)8-10)9-17-7-3-2-4-13(17)14(18)19/h5-6,8,13H,2-4,7,9H2,1H3,(H,18,19). The summed E-state index contributed by atoms with van der Waals surface area (Å²) in [7, 11) is 1.34. The Labute approximate surface area is 132 Å². The molecule has 1 N–H and O–H groups in total. The third-order valence-corrected chi connectivity index (χ3v) is 4.48. The first-order valence-corrected chi connectivity index (χ1v) is 7.66. The third kappa shape index (κ3) is 3.83. The first-order valence-electron chi connectivity index (χ1n) is 6.86. The van der Waals surface area contributed by atoms with E-state index in [0.717, 1.165) is 29.4 Å². The summed E-state index contributed by atoms with van der Waals surface area (Å²) in [6.45, 7) is 1.33. The van der Waals surface area contributed by atoms with Gasteiger partial charge in [-0.3, -0.25) is 9.69 Å². The Morgan fingerprint density at radius 3 is 2.81 bits per heavy atom. The first-order chi connectivity index (χ1) is 10.0. The lowest BCUT2D eigenvalue weighted by molar-refractivity contribution is -0.144. The van der Waals surface area contributed by atoms with E-state index in [2.05, 4.69) is 20.7 Å². The van der Waals surface area contributed by atoms with Crippen molar-refractivity contribution < 1.29 is 19.4 Å². The van der Waals surface area contributed by atoms with Gasteiger partial charge in [-0.2, -0.15) is 0 Å². The summed E-state index contributed by atoms with van der Waals surface area (Å²) in [5.41, 5.74) is 1.44. The maximum Gasteiger partial charge on any atom is 0.337 e. The molecule has 1 fully saturated rings. The van der Waals surface area contributed by atoms with Crippen LogP contribution in [0.1, 0.15) is 35.2 Å². The van der Waals surface area contributed by atoms with E-state index >= 15 is 0 Å². The van der Waals surface area contributed by atoms with Crippen LogP contribution in [0.15, 0.2) is 22.7 Å². The van der Waals surface area contributed by atoms with Crippen LogP contribution >= 0.6 is 15.9 Å². The molecule has 1 heterocycles. The number of rotatable bonds is 4. The zero-order valence-electron chi connectivity index (χ0n) is 11.8. The Hall–Kier alpha value is -1.40. The largest absolute Gasteiger partial charge is 0.480 e. The van der Waals surface area contributed by atoms with Gasteiger partial charge in [0.05, 0.1) is 12.7 Å². The number of carbonyl (C=O) groups excluding carboxylic acids is 1. The number of hydrogen-bond acceptors (Lipinski definition) is 4. The molecular formula is C15H18BrNO4. The van der Waals surface area contributed by atoms with Crippen LogP contribution in [-0.2, 0) is 16.1 Å². The van der Waals surface area contributed by atoms with Gasteiger partial charge in [0.2, 0.25) is 0 Å². The van der Waals surface area contributed by atoms with E-state index in [0.29, 0.717) is 18.5 Å². The predicted molar refractivity (Wildman–Crippen MR) is 81.2 cm³/mol. The van der Waals surface area contributed by atoms with Crippen molar-refractivity contribution in [2.45, 2.75) is 31.8 Å². The van der Waals surface area contributed by atoms with E-state index in [4.69, 9.17) is 0 Å². The lowest BCUT2D eigenvalue weighted by Gasteiger charge is -2.33. The highest BCUT2D eigenvalue weighted by Crippen LogP contribution is 2.25. The smallest absolute Gasteiger partial charge is 0.337 e. The van der Waals surface area contributed by atoms with Crippen LogP contribution in [-0.4, -0.2) is 41.6 Å². The van der Waals surface area contributed by atoms with Gasteiger partial charge in [-0.1, -0.05) is 28.4 Å². The SMILES string of the molecule is COC(=O)c1ccc(CN2CCCCC2C(=O)O)c(Br)c1. The Balaban J connectivity index is 2.15. The fourth-order valence-electron chi connectivity index (χ4n) is 2.60. The minimum Gasteiger partial charge on any atom is -0.480 e. The lowest BCUT2D eigenvalue weighted by Crippen LogP contribution is -2.44. The summed E-state index contributed by atoms with van der Waals surface area (Å²) in [6.07, 6.45) is 2.66. The molecule has 0 bridgehead atoms. The van der Waals surface area contributed by atoms with Crippen LogP contribution in [0.5, 0.6) is 0 Å². The van der Waals surface area contributed by atoms with Gasteiger partial charge in [-0.15, -0.1) is 0 Å². The first kappa shape index (κ1) is 16.0. The number of carbonyl (C=O) groups is 2. The molecule has 0 radical (unpaired) electrons. The number of halogens is 1. The van der Waals surface area contributed by atoms with Gasteiger partial charge in [-0.05, 0) is 37.1 Å². The third-order valence-electron chi connectivity index (χ3n) is 3.75. The van der Waals surface area contributed by atoms with Gasteiger partial charge in [0, 0.05) is 11.0 Å². The van der Waals surface area contributed by atoms with Crippen LogP contribution in [0.2, 0.25) is 0 Å². The Bertz CT molecular complexity index is 546. The number of esters is 1. The molecule has 114 valence electrons. The number of methoxy groups -OCH3 is 1. The fourth-order valence-corrected chi connectivity index (χ4v) is 3.10. The van der Waals surface area contributed by atoms with Gasteiger partial charge in [0.1, 0.15) is 6.04 Å². The summed E-state index contributed by atoms with van der Waals surface area (Å²) in [4.78, 5) is 24.8. The van der Waals surface area contributed by atoms with Crippen molar-refractivity contribution in [3.05, 3.63) is 33.8 Å². The molecule has 0 spiro atoms. The molecule has 1 aromatic carbocycles. The van der Waals surface area contributed by atoms with Crippen LogP contribution in [0.4, 0.5) is 0 Å². The molecule has 0 aliphatic carbocycles. The van der Waals surface area contributed by atoms with Crippen LogP contribution in [0.3, 0.4) is 0 Å².